The zero-order chi connectivity index (χ0) is 38.6. The highest BCUT2D eigenvalue weighted by molar-refractivity contribution is 6.14. The summed E-state index contributed by atoms with van der Waals surface area (Å²) in [7, 11) is 0. The standard InChI is InChI=1S/C52H30N4O2/c53-31-32-11-6-14-34(27-32)36-16-8-18-38(29-36)50-54-51(56-52(55-50)43-21-10-24-46-49(43)41-19-4-5-22-44(41)57-46)39-25-26-42-47(30-39)58-45-23-9-20-40(48(42)45)37-17-7-15-35(28-37)33-12-2-1-3-13-33/h1-30H. The van der Waals surface area contributed by atoms with Crippen molar-refractivity contribution < 1.29 is 8.83 Å². The minimum Gasteiger partial charge on any atom is -0.456 e. The zero-order valence-electron chi connectivity index (χ0n) is 30.9. The highest BCUT2D eigenvalue weighted by Gasteiger charge is 2.20. The first-order valence-electron chi connectivity index (χ1n) is 19.1. The number of aromatic nitrogens is 3. The number of hydrogen-bond donors (Lipinski definition) is 0. The van der Waals surface area contributed by atoms with Crippen molar-refractivity contribution in [3.8, 4) is 73.6 Å². The third-order valence-electron chi connectivity index (χ3n) is 10.8. The van der Waals surface area contributed by atoms with E-state index in [2.05, 4.69) is 84.9 Å². The molecule has 0 bridgehead atoms. The Bertz CT molecular complexity index is 3430. The van der Waals surface area contributed by atoms with Gasteiger partial charge in [0.25, 0.3) is 0 Å². The van der Waals surface area contributed by atoms with Gasteiger partial charge < -0.3 is 8.83 Å². The molecule has 0 radical (unpaired) electrons. The Labute approximate surface area is 333 Å². The number of hydrogen-bond acceptors (Lipinski definition) is 6. The summed E-state index contributed by atoms with van der Waals surface area (Å²) in [5.74, 6) is 1.56. The van der Waals surface area contributed by atoms with Crippen LogP contribution in [-0.4, -0.2) is 15.0 Å². The number of fused-ring (bicyclic) bond motifs is 6. The van der Waals surface area contributed by atoms with E-state index in [0.717, 1.165) is 88.4 Å². The Kier molecular flexibility index (Phi) is 7.76. The fraction of sp³-hybridized carbons (Fsp3) is 0. The summed E-state index contributed by atoms with van der Waals surface area (Å²) in [6.07, 6.45) is 0. The van der Waals surface area contributed by atoms with Crippen molar-refractivity contribution in [3.63, 3.8) is 0 Å². The van der Waals surface area contributed by atoms with Gasteiger partial charge in [-0.15, -0.1) is 0 Å². The molecule has 58 heavy (non-hydrogen) atoms. The predicted molar refractivity (Wildman–Crippen MR) is 232 cm³/mol. The lowest BCUT2D eigenvalue weighted by Crippen LogP contribution is -2.00. The minimum atomic E-state index is 0.514. The molecule has 270 valence electrons. The van der Waals surface area contributed by atoms with Crippen LogP contribution in [-0.2, 0) is 0 Å². The lowest BCUT2D eigenvalue weighted by molar-refractivity contribution is 0.668. The molecule has 3 aromatic heterocycles. The Morgan fingerprint density at radius 2 is 0.862 bits per heavy atom. The Hall–Kier alpha value is -8.14. The summed E-state index contributed by atoms with van der Waals surface area (Å²) in [5, 5.41) is 13.6. The van der Waals surface area contributed by atoms with Gasteiger partial charge in [-0.1, -0.05) is 127 Å². The molecule has 11 rings (SSSR count). The molecule has 0 atom stereocenters. The molecular weight excluding hydrogens is 713 g/mol. The van der Waals surface area contributed by atoms with Crippen LogP contribution in [0.5, 0.6) is 0 Å². The summed E-state index contributed by atoms with van der Waals surface area (Å²) >= 11 is 0. The van der Waals surface area contributed by atoms with Gasteiger partial charge in [-0.05, 0) is 88.0 Å². The maximum atomic E-state index is 9.58. The molecule has 11 aromatic rings. The van der Waals surface area contributed by atoms with Gasteiger partial charge in [0.05, 0.1) is 11.6 Å². The summed E-state index contributed by atoms with van der Waals surface area (Å²) in [4.78, 5) is 15.4. The molecule has 6 heteroatoms. The first-order valence-corrected chi connectivity index (χ1v) is 19.1. The van der Waals surface area contributed by atoms with E-state index in [0.29, 0.717) is 23.0 Å². The summed E-state index contributed by atoms with van der Waals surface area (Å²) in [6.45, 7) is 0. The predicted octanol–water partition coefficient (Wildman–Crippen LogP) is 13.5. The number of furan rings is 2. The quantitative estimate of drug-likeness (QED) is 0.168. The maximum absolute atomic E-state index is 9.58. The third kappa shape index (κ3) is 5.69. The van der Waals surface area contributed by atoms with E-state index in [1.54, 1.807) is 6.07 Å². The molecule has 0 saturated heterocycles. The van der Waals surface area contributed by atoms with Crippen molar-refractivity contribution in [1.29, 1.82) is 5.26 Å². The van der Waals surface area contributed by atoms with E-state index in [1.165, 1.54) is 5.56 Å². The van der Waals surface area contributed by atoms with Gasteiger partial charge in [0, 0.05) is 38.2 Å². The van der Waals surface area contributed by atoms with E-state index >= 15 is 0 Å². The zero-order valence-corrected chi connectivity index (χ0v) is 30.9. The third-order valence-corrected chi connectivity index (χ3v) is 10.8. The summed E-state index contributed by atoms with van der Waals surface area (Å²) in [5.41, 5.74) is 12.6. The molecule has 0 aliphatic heterocycles. The topological polar surface area (TPSA) is 88.7 Å². The van der Waals surface area contributed by atoms with Gasteiger partial charge in [0.15, 0.2) is 17.5 Å². The molecule has 3 heterocycles. The molecule has 6 nitrogen and oxygen atoms in total. The van der Waals surface area contributed by atoms with Crippen molar-refractivity contribution in [2.45, 2.75) is 0 Å². The van der Waals surface area contributed by atoms with Crippen LogP contribution in [0, 0.1) is 11.3 Å². The van der Waals surface area contributed by atoms with Crippen LogP contribution >= 0.6 is 0 Å². The van der Waals surface area contributed by atoms with Crippen molar-refractivity contribution >= 4 is 43.9 Å². The van der Waals surface area contributed by atoms with E-state index in [1.807, 2.05) is 97.1 Å². The number of benzene rings is 8. The second-order valence-electron chi connectivity index (χ2n) is 14.3. The van der Waals surface area contributed by atoms with Crippen molar-refractivity contribution in [3.05, 3.63) is 188 Å². The second kappa shape index (κ2) is 13.6. The van der Waals surface area contributed by atoms with Crippen LogP contribution in [0.3, 0.4) is 0 Å². The maximum Gasteiger partial charge on any atom is 0.164 e. The minimum absolute atomic E-state index is 0.514. The van der Waals surface area contributed by atoms with E-state index in [4.69, 9.17) is 23.8 Å². The van der Waals surface area contributed by atoms with E-state index in [-0.39, 0.29) is 0 Å². The van der Waals surface area contributed by atoms with Gasteiger partial charge >= 0.3 is 0 Å². The van der Waals surface area contributed by atoms with Crippen LogP contribution in [0.4, 0.5) is 0 Å². The van der Waals surface area contributed by atoms with Gasteiger partial charge in [0.1, 0.15) is 22.3 Å². The summed E-state index contributed by atoms with van der Waals surface area (Å²) < 4.78 is 12.9. The molecule has 0 amide bonds. The lowest BCUT2D eigenvalue weighted by Gasteiger charge is -2.10. The van der Waals surface area contributed by atoms with Crippen LogP contribution in [0.15, 0.2) is 191 Å². The largest absolute Gasteiger partial charge is 0.456 e. The summed E-state index contributed by atoms with van der Waals surface area (Å²) in [6, 6.07) is 63.5. The van der Waals surface area contributed by atoms with Gasteiger partial charge in [-0.2, -0.15) is 5.26 Å². The first kappa shape index (κ1) is 33.2. The molecule has 0 spiro atoms. The Morgan fingerprint density at radius 3 is 1.66 bits per heavy atom. The fourth-order valence-corrected chi connectivity index (χ4v) is 8.02. The monoisotopic (exact) mass is 742 g/mol. The van der Waals surface area contributed by atoms with Crippen molar-refractivity contribution in [2.75, 3.05) is 0 Å². The second-order valence-corrected chi connectivity index (χ2v) is 14.3. The van der Waals surface area contributed by atoms with Gasteiger partial charge in [0.2, 0.25) is 0 Å². The SMILES string of the molecule is N#Cc1cccc(-c2cccc(-c3nc(-c4ccc5c(c4)oc4cccc(-c6cccc(-c7ccccc7)c6)c45)nc(-c4cccc5oc6ccccc6c45)n3)c2)c1. The fourth-order valence-electron chi connectivity index (χ4n) is 8.02. The van der Waals surface area contributed by atoms with Crippen LogP contribution < -0.4 is 0 Å². The Morgan fingerprint density at radius 1 is 0.345 bits per heavy atom. The molecule has 0 unspecified atom stereocenters. The molecule has 0 saturated carbocycles. The van der Waals surface area contributed by atoms with E-state index < -0.39 is 0 Å². The normalized spacial score (nSPS) is 11.4. The molecule has 8 aromatic carbocycles. The number of nitrogens with zero attached hydrogens (tertiary/aromatic N) is 4. The average Bonchev–Trinajstić information content (AvgIpc) is 3.87. The Balaban J connectivity index is 1.08. The number of para-hydroxylation sites is 1. The average molecular weight is 743 g/mol. The highest BCUT2D eigenvalue weighted by Crippen LogP contribution is 2.40. The van der Waals surface area contributed by atoms with Crippen LogP contribution in [0.2, 0.25) is 0 Å². The van der Waals surface area contributed by atoms with Crippen molar-refractivity contribution in [1.82, 2.24) is 15.0 Å². The van der Waals surface area contributed by atoms with E-state index in [9.17, 15) is 5.26 Å². The highest BCUT2D eigenvalue weighted by atomic mass is 16.3. The van der Waals surface area contributed by atoms with Crippen LogP contribution in [0.25, 0.3) is 111 Å². The molecule has 0 N–H and O–H groups in total. The molecular formula is C52H30N4O2. The molecule has 0 aliphatic rings. The van der Waals surface area contributed by atoms with Crippen molar-refractivity contribution in [2.24, 2.45) is 0 Å². The lowest BCUT2D eigenvalue weighted by atomic mass is 9.96. The van der Waals surface area contributed by atoms with Gasteiger partial charge in [-0.3, -0.25) is 0 Å². The smallest absolute Gasteiger partial charge is 0.164 e. The number of rotatable bonds is 6. The van der Waals surface area contributed by atoms with Gasteiger partial charge in [-0.25, -0.2) is 15.0 Å². The molecule has 0 fully saturated rings. The molecule has 0 aliphatic carbocycles. The van der Waals surface area contributed by atoms with Crippen LogP contribution in [0.1, 0.15) is 5.56 Å². The number of nitriles is 1. The first-order chi connectivity index (χ1) is 28.7.